The normalized spacial score (nSPS) is 23.3. The van der Waals surface area contributed by atoms with Crippen LogP contribution in [0.25, 0.3) is 0 Å². The van der Waals surface area contributed by atoms with Gasteiger partial charge in [0, 0.05) is 44.0 Å². The maximum Gasteiger partial charge on any atom is 0.251 e. The zero-order valence-corrected chi connectivity index (χ0v) is 14.9. The first-order valence-electron chi connectivity index (χ1n) is 8.53. The van der Waals surface area contributed by atoms with Crippen molar-refractivity contribution in [2.24, 2.45) is 0 Å². The van der Waals surface area contributed by atoms with Crippen LogP contribution in [0.5, 0.6) is 0 Å². The fourth-order valence-electron chi connectivity index (χ4n) is 3.01. The lowest BCUT2D eigenvalue weighted by Gasteiger charge is -2.26. The van der Waals surface area contributed by atoms with Crippen LogP contribution in [-0.2, 0) is 14.6 Å². The average Bonchev–Trinajstić information content (AvgIpc) is 2.94. The van der Waals surface area contributed by atoms with E-state index in [1.54, 1.807) is 18.3 Å². The van der Waals surface area contributed by atoms with Crippen LogP contribution in [0, 0.1) is 0 Å². The van der Waals surface area contributed by atoms with E-state index in [4.69, 9.17) is 4.74 Å². The Morgan fingerprint density at radius 3 is 2.88 bits per heavy atom. The smallest absolute Gasteiger partial charge is 0.251 e. The maximum atomic E-state index is 12.3. The van der Waals surface area contributed by atoms with Gasteiger partial charge in [0.25, 0.3) is 5.91 Å². The van der Waals surface area contributed by atoms with Crippen LogP contribution in [0.15, 0.2) is 18.3 Å². The third-order valence-electron chi connectivity index (χ3n) is 4.43. The molecule has 1 aromatic heterocycles. The number of hydrogen-bond acceptors (Lipinski definition) is 7. The molecule has 1 atom stereocenters. The quantitative estimate of drug-likeness (QED) is 0.714. The number of anilines is 1. The highest BCUT2D eigenvalue weighted by atomic mass is 32.2. The number of morpholine rings is 1. The molecular formula is C16H24N4O4S. The van der Waals surface area contributed by atoms with Gasteiger partial charge >= 0.3 is 0 Å². The van der Waals surface area contributed by atoms with Gasteiger partial charge in [-0.15, -0.1) is 0 Å². The molecule has 0 saturated carbocycles. The molecule has 2 saturated heterocycles. The summed E-state index contributed by atoms with van der Waals surface area (Å²) in [4.78, 5) is 18.8. The van der Waals surface area contributed by atoms with E-state index in [1.165, 1.54) is 0 Å². The first-order valence-corrected chi connectivity index (χ1v) is 10.4. The molecule has 0 radical (unpaired) electrons. The van der Waals surface area contributed by atoms with E-state index >= 15 is 0 Å². The van der Waals surface area contributed by atoms with Crippen molar-refractivity contribution < 1.29 is 17.9 Å². The largest absolute Gasteiger partial charge is 0.379 e. The second-order valence-electron chi connectivity index (χ2n) is 6.38. The molecule has 1 aromatic rings. The number of ether oxygens (including phenoxy) is 1. The van der Waals surface area contributed by atoms with E-state index in [2.05, 4.69) is 20.5 Å². The van der Waals surface area contributed by atoms with Gasteiger partial charge in [0.2, 0.25) is 0 Å². The van der Waals surface area contributed by atoms with Gasteiger partial charge < -0.3 is 15.4 Å². The third kappa shape index (κ3) is 5.38. The molecule has 25 heavy (non-hydrogen) atoms. The highest BCUT2D eigenvalue weighted by Crippen LogP contribution is 2.13. The van der Waals surface area contributed by atoms with Crippen LogP contribution in [0.3, 0.4) is 0 Å². The lowest BCUT2D eigenvalue weighted by atomic mass is 10.2. The van der Waals surface area contributed by atoms with E-state index in [1.807, 2.05) is 0 Å². The SMILES string of the molecule is O=C(NC1CCS(=O)(=O)C1)c1ccnc(NCCN2CCOCC2)c1. The monoisotopic (exact) mass is 368 g/mol. The van der Waals surface area contributed by atoms with E-state index in [9.17, 15) is 13.2 Å². The van der Waals surface area contributed by atoms with Gasteiger partial charge in [0.1, 0.15) is 5.82 Å². The molecule has 2 aliphatic rings. The fraction of sp³-hybridized carbons (Fsp3) is 0.625. The lowest BCUT2D eigenvalue weighted by Crippen LogP contribution is -2.39. The van der Waals surface area contributed by atoms with Crippen molar-refractivity contribution in [2.75, 3.05) is 56.2 Å². The minimum absolute atomic E-state index is 0.0223. The highest BCUT2D eigenvalue weighted by molar-refractivity contribution is 7.91. The Morgan fingerprint density at radius 2 is 2.16 bits per heavy atom. The van der Waals surface area contributed by atoms with Gasteiger partial charge in [0.15, 0.2) is 9.84 Å². The van der Waals surface area contributed by atoms with E-state index in [0.29, 0.717) is 17.8 Å². The summed E-state index contributed by atoms with van der Waals surface area (Å²) >= 11 is 0. The van der Waals surface area contributed by atoms with Crippen LogP contribution in [0.4, 0.5) is 5.82 Å². The molecule has 0 aliphatic carbocycles. The summed E-state index contributed by atoms with van der Waals surface area (Å²) in [7, 11) is -3.01. The summed E-state index contributed by atoms with van der Waals surface area (Å²) in [5.41, 5.74) is 0.480. The van der Waals surface area contributed by atoms with Crippen LogP contribution >= 0.6 is 0 Å². The van der Waals surface area contributed by atoms with Crippen LogP contribution < -0.4 is 10.6 Å². The van der Waals surface area contributed by atoms with Gasteiger partial charge in [-0.1, -0.05) is 0 Å². The predicted molar refractivity (Wildman–Crippen MR) is 94.5 cm³/mol. The second kappa shape index (κ2) is 8.11. The van der Waals surface area contributed by atoms with Gasteiger partial charge in [-0.25, -0.2) is 13.4 Å². The van der Waals surface area contributed by atoms with Gasteiger partial charge in [-0.3, -0.25) is 9.69 Å². The van der Waals surface area contributed by atoms with Crippen molar-refractivity contribution in [3.8, 4) is 0 Å². The van der Waals surface area contributed by atoms with Gasteiger partial charge in [0.05, 0.1) is 24.7 Å². The van der Waals surface area contributed by atoms with Crippen LogP contribution in [0.1, 0.15) is 16.8 Å². The minimum atomic E-state index is -3.01. The standard InChI is InChI=1S/C16H24N4O4S/c21-16(19-14-2-10-25(22,23)12-14)13-1-3-17-15(11-13)18-4-5-20-6-8-24-9-7-20/h1,3,11,14H,2,4-10,12H2,(H,17,18)(H,19,21). The van der Waals surface area contributed by atoms with Gasteiger partial charge in [-0.2, -0.15) is 0 Å². The third-order valence-corrected chi connectivity index (χ3v) is 6.20. The zero-order valence-electron chi connectivity index (χ0n) is 14.1. The second-order valence-corrected chi connectivity index (χ2v) is 8.61. The summed E-state index contributed by atoms with van der Waals surface area (Å²) in [5.74, 6) is 0.539. The van der Waals surface area contributed by atoms with E-state index in [0.717, 1.165) is 39.4 Å². The Morgan fingerprint density at radius 1 is 1.36 bits per heavy atom. The number of rotatable bonds is 6. The van der Waals surface area contributed by atoms with Crippen molar-refractivity contribution in [2.45, 2.75) is 12.5 Å². The molecule has 0 bridgehead atoms. The summed E-state index contributed by atoms with van der Waals surface area (Å²) in [6, 6.07) is 3.02. The number of nitrogens with one attached hydrogen (secondary N) is 2. The maximum absolute atomic E-state index is 12.3. The Kier molecular flexibility index (Phi) is 5.87. The zero-order chi connectivity index (χ0) is 17.7. The number of aromatic nitrogens is 1. The molecule has 0 aromatic carbocycles. The Hall–Kier alpha value is -1.71. The molecule has 2 fully saturated rings. The number of carbonyl (C=O) groups excluding carboxylic acids is 1. The number of nitrogens with zero attached hydrogens (tertiary/aromatic N) is 2. The average molecular weight is 368 g/mol. The molecule has 8 nitrogen and oxygen atoms in total. The molecule has 138 valence electrons. The van der Waals surface area contributed by atoms with E-state index in [-0.39, 0.29) is 23.5 Å². The minimum Gasteiger partial charge on any atom is -0.379 e. The van der Waals surface area contributed by atoms with Crippen LogP contribution in [-0.4, -0.2) is 81.1 Å². The first-order chi connectivity index (χ1) is 12.0. The first kappa shape index (κ1) is 18.1. The van der Waals surface area contributed by atoms with E-state index < -0.39 is 9.84 Å². The van der Waals surface area contributed by atoms with Crippen molar-refractivity contribution in [3.63, 3.8) is 0 Å². The Balaban J connectivity index is 1.49. The Labute approximate surface area is 147 Å². The van der Waals surface area contributed by atoms with Crippen LogP contribution in [0.2, 0.25) is 0 Å². The molecule has 1 amide bonds. The van der Waals surface area contributed by atoms with Gasteiger partial charge in [-0.05, 0) is 18.6 Å². The number of amides is 1. The molecule has 3 rings (SSSR count). The molecule has 9 heteroatoms. The summed E-state index contributed by atoms with van der Waals surface area (Å²) in [6.07, 6.45) is 2.06. The number of sulfone groups is 1. The number of pyridine rings is 1. The highest BCUT2D eigenvalue weighted by Gasteiger charge is 2.29. The molecule has 2 aliphatic heterocycles. The molecule has 3 heterocycles. The van der Waals surface area contributed by atoms with Crippen molar-refractivity contribution in [1.29, 1.82) is 0 Å². The summed E-state index contributed by atoms with van der Waals surface area (Å²) in [5, 5.41) is 6.01. The molecule has 0 spiro atoms. The molecule has 2 N–H and O–H groups in total. The summed E-state index contributed by atoms with van der Waals surface area (Å²) < 4.78 is 28.3. The molecule has 1 unspecified atom stereocenters. The van der Waals surface area contributed by atoms with Crippen molar-refractivity contribution in [1.82, 2.24) is 15.2 Å². The van der Waals surface area contributed by atoms with Crippen molar-refractivity contribution >= 4 is 21.6 Å². The lowest BCUT2D eigenvalue weighted by molar-refractivity contribution is 0.0398. The Bertz CT molecular complexity index is 704. The summed E-state index contributed by atoms with van der Waals surface area (Å²) in [6.45, 7) is 5.03. The topological polar surface area (TPSA) is 101 Å². The number of hydrogen-bond donors (Lipinski definition) is 2. The molecular weight excluding hydrogens is 344 g/mol. The van der Waals surface area contributed by atoms with Crippen molar-refractivity contribution in [3.05, 3.63) is 23.9 Å². The predicted octanol–water partition coefficient (Wildman–Crippen LogP) is -0.257. The number of carbonyl (C=O) groups is 1. The fourth-order valence-corrected chi connectivity index (χ4v) is 4.69.